The monoisotopic (exact) mass is 309 g/mol. The Kier molecular flexibility index (Phi) is 3.77. The Balaban J connectivity index is 1.68. The molecular formula is C19H23N3O. The number of para-hydroxylation sites is 1. The summed E-state index contributed by atoms with van der Waals surface area (Å²) in [5.74, 6) is 0.726. The molecule has 2 aromatic rings. The zero-order chi connectivity index (χ0) is 15.8. The standard InChI is InChI=1S/C19H23N3O/c1-2-21-9-11-22(12-10-21)19(23)16-13-18(14-7-8-14)20-17-6-4-3-5-15(16)17/h3-6,13-14H,2,7-12H2,1H3. The van der Waals surface area contributed by atoms with Crippen molar-refractivity contribution in [2.24, 2.45) is 0 Å². The lowest BCUT2D eigenvalue weighted by molar-refractivity contribution is 0.0645. The van der Waals surface area contributed by atoms with Crippen LogP contribution in [0.3, 0.4) is 0 Å². The largest absolute Gasteiger partial charge is 0.336 e. The highest BCUT2D eigenvalue weighted by molar-refractivity contribution is 6.06. The van der Waals surface area contributed by atoms with Crippen LogP contribution >= 0.6 is 0 Å². The molecule has 0 bridgehead atoms. The van der Waals surface area contributed by atoms with Crippen LogP contribution in [0, 0.1) is 0 Å². The second-order valence-electron chi connectivity index (χ2n) is 6.61. The van der Waals surface area contributed by atoms with E-state index in [1.165, 1.54) is 12.8 Å². The number of pyridine rings is 1. The molecule has 2 aliphatic rings. The minimum atomic E-state index is 0.168. The second-order valence-corrected chi connectivity index (χ2v) is 6.61. The molecular weight excluding hydrogens is 286 g/mol. The van der Waals surface area contributed by atoms with Crippen molar-refractivity contribution in [2.75, 3.05) is 32.7 Å². The fourth-order valence-corrected chi connectivity index (χ4v) is 3.40. The molecule has 0 radical (unpaired) electrons. The Hall–Kier alpha value is -1.94. The summed E-state index contributed by atoms with van der Waals surface area (Å²) in [5, 5.41) is 0.986. The highest BCUT2D eigenvalue weighted by Gasteiger charge is 2.28. The van der Waals surface area contributed by atoms with Crippen LogP contribution in [0.2, 0.25) is 0 Å². The van der Waals surface area contributed by atoms with E-state index in [1.807, 2.05) is 29.2 Å². The molecule has 4 nitrogen and oxygen atoms in total. The van der Waals surface area contributed by atoms with Crippen molar-refractivity contribution in [1.29, 1.82) is 0 Å². The van der Waals surface area contributed by atoms with Gasteiger partial charge in [-0.2, -0.15) is 0 Å². The first-order valence-corrected chi connectivity index (χ1v) is 8.67. The van der Waals surface area contributed by atoms with E-state index in [-0.39, 0.29) is 5.91 Å². The van der Waals surface area contributed by atoms with Crippen molar-refractivity contribution in [3.05, 3.63) is 41.6 Å². The predicted octanol–water partition coefficient (Wildman–Crippen LogP) is 2.89. The Morgan fingerprint density at radius 2 is 1.91 bits per heavy atom. The SMILES string of the molecule is CCN1CCN(C(=O)c2cc(C3CC3)nc3ccccc23)CC1. The van der Waals surface area contributed by atoms with Crippen molar-refractivity contribution in [3.8, 4) is 0 Å². The maximum absolute atomic E-state index is 13.1. The van der Waals surface area contributed by atoms with Gasteiger partial charge in [-0.3, -0.25) is 9.78 Å². The van der Waals surface area contributed by atoms with Crippen molar-refractivity contribution in [1.82, 2.24) is 14.8 Å². The zero-order valence-electron chi connectivity index (χ0n) is 13.7. The van der Waals surface area contributed by atoms with Gasteiger partial charge in [0.1, 0.15) is 0 Å². The summed E-state index contributed by atoms with van der Waals surface area (Å²) in [6.07, 6.45) is 2.41. The van der Waals surface area contributed by atoms with Crippen molar-refractivity contribution < 1.29 is 4.79 Å². The second kappa shape index (κ2) is 5.93. The number of amides is 1. The highest BCUT2D eigenvalue weighted by atomic mass is 16.2. The molecule has 1 saturated heterocycles. The number of hydrogen-bond acceptors (Lipinski definition) is 3. The van der Waals surface area contributed by atoms with Crippen LogP contribution in [0.4, 0.5) is 0 Å². The van der Waals surface area contributed by atoms with Gasteiger partial charge in [-0.25, -0.2) is 0 Å². The normalized spacial score (nSPS) is 19.3. The van der Waals surface area contributed by atoms with E-state index in [4.69, 9.17) is 4.98 Å². The first kappa shape index (κ1) is 14.6. The summed E-state index contributed by atoms with van der Waals surface area (Å²) < 4.78 is 0. The van der Waals surface area contributed by atoms with Gasteiger partial charge in [0, 0.05) is 43.2 Å². The summed E-state index contributed by atoms with van der Waals surface area (Å²) in [4.78, 5) is 22.3. The van der Waals surface area contributed by atoms with Gasteiger partial charge < -0.3 is 9.80 Å². The average Bonchev–Trinajstić information content (AvgIpc) is 3.45. The van der Waals surface area contributed by atoms with Crippen LogP contribution in [-0.2, 0) is 0 Å². The molecule has 1 aromatic carbocycles. The molecule has 2 fully saturated rings. The molecule has 2 heterocycles. The quantitative estimate of drug-likeness (QED) is 0.875. The van der Waals surface area contributed by atoms with E-state index in [2.05, 4.69) is 17.9 Å². The van der Waals surface area contributed by atoms with E-state index in [0.29, 0.717) is 5.92 Å². The maximum atomic E-state index is 13.1. The summed E-state index contributed by atoms with van der Waals surface area (Å²) >= 11 is 0. The lowest BCUT2D eigenvalue weighted by atomic mass is 10.0. The molecule has 120 valence electrons. The number of rotatable bonds is 3. The molecule has 1 amide bonds. The highest BCUT2D eigenvalue weighted by Crippen LogP contribution is 2.40. The number of carbonyl (C=O) groups is 1. The Morgan fingerprint density at radius 3 is 2.61 bits per heavy atom. The van der Waals surface area contributed by atoms with E-state index in [9.17, 15) is 4.79 Å². The van der Waals surface area contributed by atoms with Gasteiger partial charge >= 0.3 is 0 Å². The van der Waals surface area contributed by atoms with E-state index in [0.717, 1.165) is 54.9 Å². The number of carbonyl (C=O) groups excluding carboxylic acids is 1. The molecule has 4 heteroatoms. The number of piperazine rings is 1. The molecule has 0 N–H and O–H groups in total. The van der Waals surface area contributed by atoms with Crippen LogP contribution < -0.4 is 0 Å². The summed E-state index contributed by atoms with van der Waals surface area (Å²) in [6.45, 7) is 6.83. The van der Waals surface area contributed by atoms with Gasteiger partial charge in [0.2, 0.25) is 0 Å². The van der Waals surface area contributed by atoms with Gasteiger partial charge in [-0.1, -0.05) is 25.1 Å². The molecule has 1 aromatic heterocycles. The smallest absolute Gasteiger partial charge is 0.254 e. The number of likely N-dealkylation sites (N-methyl/N-ethyl adjacent to an activating group) is 1. The Morgan fingerprint density at radius 1 is 1.17 bits per heavy atom. The Labute approximate surface area is 137 Å². The molecule has 4 rings (SSSR count). The predicted molar refractivity (Wildman–Crippen MR) is 91.7 cm³/mol. The third-order valence-electron chi connectivity index (χ3n) is 5.07. The van der Waals surface area contributed by atoms with Crippen LogP contribution in [0.25, 0.3) is 10.9 Å². The van der Waals surface area contributed by atoms with Gasteiger partial charge in [0.25, 0.3) is 5.91 Å². The van der Waals surface area contributed by atoms with Crippen LogP contribution in [0.15, 0.2) is 30.3 Å². The van der Waals surface area contributed by atoms with Gasteiger partial charge in [0.05, 0.1) is 11.1 Å². The minimum Gasteiger partial charge on any atom is -0.336 e. The van der Waals surface area contributed by atoms with Crippen LogP contribution in [-0.4, -0.2) is 53.4 Å². The summed E-state index contributed by atoms with van der Waals surface area (Å²) in [7, 11) is 0. The fourth-order valence-electron chi connectivity index (χ4n) is 3.40. The third kappa shape index (κ3) is 2.83. The first-order chi connectivity index (χ1) is 11.3. The van der Waals surface area contributed by atoms with Crippen LogP contribution in [0.5, 0.6) is 0 Å². The lowest BCUT2D eigenvalue weighted by Crippen LogP contribution is -2.48. The molecule has 0 unspecified atom stereocenters. The first-order valence-electron chi connectivity index (χ1n) is 8.67. The zero-order valence-corrected chi connectivity index (χ0v) is 13.7. The molecule has 0 atom stereocenters. The van der Waals surface area contributed by atoms with E-state index >= 15 is 0 Å². The summed E-state index contributed by atoms with van der Waals surface area (Å²) in [5.41, 5.74) is 2.88. The third-order valence-corrected chi connectivity index (χ3v) is 5.07. The fraction of sp³-hybridized carbons (Fsp3) is 0.474. The van der Waals surface area contributed by atoms with Crippen LogP contribution in [0.1, 0.15) is 41.7 Å². The molecule has 1 aliphatic carbocycles. The number of nitrogens with zero attached hydrogens (tertiary/aromatic N) is 3. The number of fused-ring (bicyclic) bond motifs is 1. The molecule has 1 saturated carbocycles. The van der Waals surface area contributed by atoms with Gasteiger partial charge in [-0.05, 0) is 31.5 Å². The number of aromatic nitrogens is 1. The van der Waals surface area contributed by atoms with Crippen molar-refractivity contribution in [2.45, 2.75) is 25.7 Å². The van der Waals surface area contributed by atoms with Gasteiger partial charge in [-0.15, -0.1) is 0 Å². The maximum Gasteiger partial charge on any atom is 0.254 e. The van der Waals surface area contributed by atoms with Crippen molar-refractivity contribution >= 4 is 16.8 Å². The summed E-state index contributed by atoms with van der Waals surface area (Å²) in [6, 6.07) is 10.1. The average molecular weight is 309 g/mol. The van der Waals surface area contributed by atoms with E-state index in [1.54, 1.807) is 0 Å². The number of hydrogen-bond donors (Lipinski definition) is 0. The lowest BCUT2D eigenvalue weighted by Gasteiger charge is -2.34. The molecule has 23 heavy (non-hydrogen) atoms. The van der Waals surface area contributed by atoms with Gasteiger partial charge in [0.15, 0.2) is 0 Å². The topological polar surface area (TPSA) is 36.4 Å². The Bertz CT molecular complexity index is 730. The molecule has 0 spiro atoms. The molecule has 1 aliphatic heterocycles. The number of benzene rings is 1. The minimum absolute atomic E-state index is 0.168. The van der Waals surface area contributed by atoms with E-state index < -0.39 is 0 Å². The van der Waals surface area contributed by atoms with Crippen molar-refractivity contribution in [3.63, 3.8) is 0 Å².